The second-order valence-electron chi connectivity index (χ2n) is 6.65. The van der Waals surface area contributed by atoms with Crippen LogP contribution < -0.4 is 15.4 Å². The molecular weight excluding hydrogens is 475 g/mol. The molecule has 1 aromatic carbocycles. The van der Waals surface area contributed by atoms with Crippen molar-refractivity contribution < 1.29 is 4.74 Å². The van der Waals surface area contributed by atoms with Crippen LogP contribution in [0, 0.1) is 0 Å². The average molecular weight is 509 g/mol. The van der Waals surface area contributed by atoms with E-state index < -0.39 is 0 Å². The highest BCUT2D eigenvalue weighted by Crippen LogP contribution is 2.22. The Balaban J connectivity index is 0.00000364. The molecule has 7 heteroatoms. The minimum atomic E-state index is 0. The molecule has 1 fully saturated rings. The number of ether oxygens (including phenoxy) is 1. The fourth-order valence-corrected chi connectivity index (χ4v) is 3.42. The van der Waals surface area contributed by atoms with Gasteiger partial charge in [-0.15, -0.1) is 24.0 Å². The minimum Gasteiger partial charge on any atom is -0.497 e. The summed E-state index contributed by atoms with van der Waals surface area (Å²) in [5, 5.41) is 7.45. The van der Waals surface area contributed by atoms with Gasteiger partial charge in [0.25, 0.3) is 0 Å². The van der Waals surface area contributed by atoms with Crippen molar-refractivity contribution in [3.05, 3.63) is 28.8 Å². The summed E-state index contributed by atoms with van der Waals surface area (Å²) < 4.78 is 5.19. The lowest BCUT2D eigenvalue weighted by atomic mass is 10.1. The van der Waals surface area contributed by atoms with E-state index in [0.717, 1.165) is 54.8 Å². The Hall–Kier alpha value is -0.730. The largest absolute Gasteiger partial charge is 0.497 e. The SMILES string of the molecule is CCNC(=NCCCCN1CCCC1)NCCc1ccc(OC)cc1Cl.I. The van der Waals surface area contributed by atoms with Crippen LogP contribution in [0.15, 0.2) is 23.2 Å². The summed E-state index contributed by atoms with van der Waals surface area (Å²) in [6.07, 6.45) is 5.94. The number of guanidine groups is 1. The number of hydrogen-bond donors (Lipinski definition) is 2. The lowest BCUT2D eigenvalue weighted by molar-refractivity contribution is 0.331. The molecule has 1 aliphatic rings. The third kappa shape index (κ3) is 9.34. The number of methoxy groups -OCH3 is 1. The van der Waals surface area contributed by atoms with Crippen LogP contribution >= 0.6 is 35.6 Å². The van der Waals surface area contributed by atoms with Gasteiger partial charge >= 0.3 is 0 Å². The molecule has 0 bridgehead atoms. The van der Waals surface area contributed by atoms with Crippen LogP contribution in [0.3, 0.4) is 0 Å². The molecule has 0 radical (unpaired) electrons. The van der Waals surface area contributed by atoms with Gasteiger partial charge in [0.05, 0.1) is 7.11 Å². The van der Waals surface area contributed by atoms with E-state index in [1.165, 1.54) is 38.9 Å². The van der Waals surface area contributed by atoms with Gasteiger partial charge in [0.2, 0.25) is 0 Å². The zero-order chi connectivity index (χ0) is 18.6. The van der Waals surface area contributed by atoms with E-state index in [2.05, 4.69) is 27.4 Å². The number of aliphatic imine (C=N–C) groups is 1. The summed E-state index contributed by atoms with van der Waals surface area (Å²) in [7, 11) is 1.65. The first kappa shape index (κ1) is 24.3. The lowest BCUT2D eigenvalue weighted by Crippen LogP contribution is -2.38. The van der Waals surface area contributed by atoms with E-state index in [4.69, 9.17) is 16.3 Å². The quantitative estimate of drug-likeness (QED) is 0.218. The Kier molecular flexibility index (Phi) is 12.9. The van der Waals surface area contributed by atoms with Crippen molar-refractivity contribution in [3.63, 3.8) is 0 Å². The summed E-state index contributed by atoms with van der Waals surface area (Å²) in [5.74, 6) is 1.67. The maximum absolute atomic E-state index is 6.30. The second-order valence-corrected chi connectivity index (χ2v) is 7.06. The van der Waals surface area contributed by atoms with Gasteiger partial charge in [-0.05, 0) is 76.4 Å². The number of unbranched alkanes of at least 4 members (excludes halogenated alkanes) is 1. The summed E-state index contributed by atoms with van der Waals surface area (Å²) in [6, 6.07) is 5.82. The number of nitrogens with one attached hydrogen (secondary N) is 2. The standard InChI is InChI=1S/C20H33ClN4O.HI/c1-3-22-20(23-11-4-5-13-25-14-6-7-15-25)24-12-10-17-8-9-18(26-2)16-19(17)21;/h8-9,16H,3-7,10-15H2,1-2H3,(H2,22,23,24);1H. The number of benzene rings is 1. The van der Waals surface area contributed by atoms with E-state index in [1.54, 1.807) is 7.11 Å². The molecule has 1 aliphatic heterocycles. The minimum absolute atomic E-state index is 0. The third-order valence-electron chi connectivity index (χ3n) is 4.64. The van der Waals surface area contributed by atoms with Crippen LogP contribution in [0.5, 0.6) is 5.75 Å². The van der Waals surface area contributed by atoms with Gasteiger partial charge in [-0.25, -0.2) is 0 Å². The first-order valence-corrected chi connectivity index (χ1v) is 10.2. The smallest absolute Gasteiger partial charge is 0.191 e. The number of rotatable bonds is 10. The van der Waals surface area contributed by atoms with Crippen molar-refractivity contribution in [2.24, 2.45) is 4.99 Å². The third-order valence-corrected chi connectivity index (χ3v) is 4.99. The summed E-state index contributed by atoms with van der Waals surface area (Å²) in [6.45, 7) is 8.39. The Labute approximate surface area is 186 Å². The molecule has 2 N–H and O–H groups in total. The molecule has 0 atom stereocenters. The second kappa shape index (κ2) is 14.3. The Morgan fingerprint density at radius 3 is 2.67 bits per heavy atom. The van der Waals surface area contributed by atoms with Crippen LogP contribution in [0.25, 0.3) is 0 Å². The van der Waals surface area contributed by atoms with Gasteiger partial charge in [0.1, 0.15) is 5.75 Å². The van der Waals surface area contributed by atoms with Gasteiger partial charge in [0, 0.05) is 24.7 Å². The van der Waals surface area contributed by atoms with Gasteiger partial charge in [-0.1, -0.05) is 17.7 Å². The highest BCUT2D eigenvalue weighted by molar-refractivity contribution is 14.0. The Bertz CT molecular complexity index is 565. The van der Waals surface area contributed by atoms with Crippen molar-refractivity contribution >= 4 is 41.5 Å². The van der Waals surface area contributed by atoms with E-state index in [-0.39, 0.29) is 24.0 Å². The fraction of sp³-hybridized carbons (Fsp3) is 0.650. The normalized spacial score (nSPS) is 14.7. The van der Waals surface area contributed by atoms with Crippen LogP contribution in [-0.4, -0.2) is 57.2 Å². The molecular formula is C20H34ClIN4O. The molecule has 2 rings (SSSR count). The number of nitrogens with zero attached hydrogens (tertiary/aromatic N) is 2. The molecule has 154 valence electrons. The maximum atomic E-state index is 6.30. The molecule has 0 amide bonds. The van der Waals surface area contributed by atoms with Crippen LogP contribution in [0.1, 0.15) is 38.2 Å². The molecule has 0 saturated carbocycles. The Morgan fingerprint density at radius 1 is 1.22 bits per heavy atom. The van der Waals surface area contributed by atoms with Crippen LogP contribution in [0.4, 0.5) is 0 Å². The van der Waals surface area contributed by atoms with Crippen molar-refractivity contribution in [1.29, 1.82) is 0 Å². The summed E-state index contributed by atoms with van der Waals surface area (Å²) >= 11 is 6.30. The molecule has 0 aliphatic carbocycles. The van der Waals surface area contributed by atoms with Crippen molar-refractivity contribution in [3.8, 4) is 5.75 Å². The highest BCUT2D eigenvalue weighted by atomic mass is 127. The molecule has 27 heavy (non-hydrogen) atoms. The number of hydrogen-bond acceptors (Lipinski definition) is 3. The van der Waals surface area contributed by atoms with Gasteiger partial charge in [-0.2, -0.15) is 0 Å². The van der Waals surface area contributed by atoms with E-state index >= 15 is 0 Å². The van der Waals surface area contributed by atoms with Crippen molar-refractivity contribution in [2.75, 3.05) is 46.4 Å². The zero-order valence-corrected chi connectivity index (χ0v) is 19.7. The number of halogens is 2. The molecule has 0 spiro atoms. The highest BCUT2D eigenvalue weighted by Gasteiger charge is 2.10. The van der Waals surface area contributed by atoms with Crippen LogP contribution in [-0.2, 0) is 6.42 Å². The molecule has 1 saturated heterocycles. The fourth-order valence-electron chi connectivity index (χ4n) is 3.16. The zero-order valence-electron chi connectivity index (χ0n) is 16.6. The first-order valence-electron chi connectivity index (χ1n) is 9.80. The van der Waals surface area contributed by atoms with Crippen molar-refractivity contribution in [1.82, 2.24) is 15.5 Å². The van der Waals surface area contributed by atoms with Crippen molar-refractivity contribution in [2.45, 2.75) is 39.0 Å². The first-order chi connectivity index (χ1) is 12.7. The average Bonchev–Trinajstić information content (AvgIpc) is 3.16. The van der Waals surface area contributed by atoms with Crippen LogP contribution in [0.2, 0.25) is 5.02 Å². The molecule has 5 nitrogen and oxygen atoms in total. The van der Waals surface area contributed by atoms with E-state index in [9.17, 15) is 0 Å². The lowest BCUT2D eigenvalue weighted by Gasteiger charge is -2.14. The predicted molar refractivity (Wildman–Crippen MR) is 126 cm³/mol. The topological polar surface area (TPSA) is 48.9 Å². The van der Waals surface area contributed by atoms with Gasteiger partial charge in [0.15, 0.2) is 5.96 Å². The maximum Gasteiger partial charge on any atom is 0.191 e. The number of likely N-dealkylation sites (tertiary alicyclic amines) is 1. The Morgan fingerprint density at radius 2 is 2.00 bits per heavy atom. The van der Waals surface area contributed by atoms with Gasteiger partial charge < -0.3 is 20.3 Å². The molecule has 0 aromatic heterocycles. The monoisotopic (exact) mass is 508 g/mol. The van der Waals surface area contributed by atoms with Gasteiger partial charge in [-0.3, -0.25) is 4.99 Å². The van der Waals surface area contributed by atoms with E-state index in [0.29, 0.717) is 0 Å². The summed E-state index contributed by atoms with van der Waals surface area (Å²) in [4.78, 5) is 7.24. The molecule has 0 unspecified atom stereocenters. The van der Waals surface area contributed by atoms with E-state index in [1.807, 2.05) is 18.2 Å². The molecule has 1 heterocycles. The summed E-state index contributed by atoms with van der Waals surface area (Å²) in [5.41, 5.74) is 1.11. The molecule has 1 aromatic rings. The predicted octanol–water partition coefficient (Wildman–Crippen LogP) is 3.94.